The van der Waals surface area contributed by atoms with Gasteiger partial charge in [-0.15, -0.1) is 11.3 Å². The Labute approximate surface area is 156 Å². The number of esters is 1. The standard InChI is InChI=1S/C19H20ClNO3S/c1-2-24-19(23)17-14-4-3-5-15(14)25-18(17)21-16(22)11-8-12-6-9-13(20)10-7-12/h6-7,9-10H,2-5,8,11H2,1H3,(H,21,22). The summed E-state index contributed by atoms with van der Waals surface area (Å²) < 4.78 is 5.18. The fourth-order valence-corrected chi connectivity index (χ4v) is 4.43. The summed E-state index contributed by atoms with van der Waals surface area (Å²) in [5.74, 6) is -0.435. The second-order valence-electron chi connectivity index (χ2n) is 5.96. The maximum Gasteiger partial charge on any atom is 0.341 e. The van der Waals surface area contributed by atoms with Gasteiger partial charge in [-0.3, -0.25) is 4.79 Å². The third-order valence-electron chi connectivity index (χ3n) is 4.21. The first-order chi connectivity index (χ1) is 12.1. The summed E-state index contributed by atoms with van der Waals surface area (Å²) in [6.45, 7) is 2.11. The maximum absolute atomic E-state index is 12.3. The molecule has 1 aromatic heterocycles. The maximum atomic E-state index is 12.3. The topological polar surface area (TPSA) is 55.4 Å². The van der Waals surface area contributed by atoms with Crippen molar-refractivity contribution in [2.45, 2.75) is 39.0 Å². The molecule has 6 heteroatoms. The number of rotatable bonds is 6. The van der Waals surface area contributed by atoms with E-state index in [1.165, 1.54) is 16.2 Å². The van der Waals surface area contributed by atoms with Crippen LogP contribution in [0, 0.1) is 0 Å². The smallest absolute Gasteiger partial charge is 0.341 e. The Morgan fingerprint density at radius 1 is 1.24 bits per heavy atom. The van der Waals surface area contributed by atoms with E-state index in [1.54, 1.807) is 6.92 Å². The van der Waals surface area contributed by atoms with Crippen molar-refractivity contribution in [3.05, 3.63) is 50.9 Å². The highest BCUT2D eigenvalue weighted by Gasteiger charge is 2.28. The minimum Gasteiger partial charge on any atom is -0.462 e. The predicted octanol–water partition coefficient (Wildman–Crippen LogP) is 4.64. The molecule has 4 nitrogen and oxygen atoms in total. The van der Waals surface area contributed by atoms with E-state index in [4.69, 9.17) is 16.3 Å². The minimum atomic E-state index is -0.338. The summed E-state index contributed by atoms with van der Waals surface area (Å²) in [7, 11) is 0. The van der Waals surface area contributed by atoms with E-state index in [9.17, 15) is 9.59 Å². The first-order valence-electron chi connectivity index (χ1n) is 8.44. The quantitative estimate of drug-likeness (QED) is 0.746. The monoisotopic (exact) mass is 377 g/mol. The molecule has 1 aliphatic carbocycles. The number of ether oxygens (including phenoxy) is 1. The van der Waals surface area contributed by atoms with Gasteiger partial charge in [0.05, 0.1) is 12.2 Å². The van der Waals surface area contributed by atoms with Crippen LogP contribution in [-0.4, -0.2) is 18.5 Å². The molecule has 25 heavy (non-hydrogen) atoms. The van der Waals surface area contributed by atoms with Gasteiger partial charge in [0.2, 0.25) is 5.91 Å². The third kappa shape index (κ3) is 4.22. The number of nitrogens with one attached hydrogen (secondary N) is 1. The van der Waals surface area contributed by atoms with Crippen LogP contribution in [0.15, 0.2) is 24.3 Å². The number of carbonyl (C=O) groups excluding carboxylic acids is 2. The van der Waals surface area contributed by atoms with E-state index < -0.39 is 0 Å². The van der Waals surface area contributed by atoms with Crippen molar-refractivity contribution in [1.82, 2.24) is 0 Å². The summed E-state index contributed by atoms with van der Waals surface area (Å²) in [5, 5.41) is 4.22. The fraction of sp³-hybridized carbons (Fsp3) is 0.368. The second-order valence-corrected chi connectivity index (χ2v) is 7.50. The average molecular weight is 378 g/mol. The van der Waals surface area contributed by atoms with Crippen LogP contribution >= 0.6 is 22.9 Å². The lowest BCUT2D eigenvalue weighted by Gasteiger charge is -2.08. The number of benzene rings is 1. The van der Waals surface area contributed by atoms with E-state index >= 15 is 0 Å². The Hall–Kier alpha value is -1.85. The summed E-state index contributed by atoms with van der Waals surface area (Å²) in [6, 6.07) is 7.47. The minimum absolute atomic E-state index is 0.0968. The summed E-state index contributed by atoms with van der Waals surface area (Å²) >= 11 is 7.37. The number of aryl methyl sites for hydroxylation is 2. The zero-order chi connectivity index (χ0) is 17.8. The van der Waals surface area contributed by atoms with Crippen LogP contribution in [0.1, 0.15) is 46.1 Å². The average Bonchev–Trinajstić information content (AvgIpc) is 3.15. The molecule has 0 spiro atoms. The van der Waals surface area contributed by atoms with Gasteiger partial charge in [-0.05, 0) is 55.9 Å². The Morgan fingerprint density at radius 3 is 2.72 bits per heavy atom. The van der Waals surface area contributed by atoms with Crippen molar-refractivity contribution >= 4 is 39.8 Å². The zero-order valence-electron chi connectivity index (χ0n) is 14.1. The Morgan fingerprint density at radius 2 is 2.00 bits per heavy atom. The number of carbonyl (C=O) groups is 2. The lowest BCUT2D eigenvalue weighted by molar-refractivity contribution is -0.116. The summed E-state index contributed by atoms with van der Waals surface area (Å²) in [6.07, 6.45) is 3.88. The van der Waals surface area contributed by atoms with Gasteiger partial charge in [-0.2, -0.15) is 0 Å². The molecule has 1 amide bonds. The molecule has 0 saturated heterocycles. The van der Waals surface area contributed by atoms with Gasteiger partial charge < -0.3 is 10.1 Å². The molecule has 2 aromatic rings. The van der Waals surface area contributed by atoms with Crippen molar-refractivity contribution in [1.29, 1.82) is 0 Å². The van der Waals surface area contributed by atoms with Gasteiger partial charge >= 0.3 is 5.97 Å². The van der Waals surface area contributed by atoms with Crippen molar-refractivity contribution in [2.75, 3.05) is 11.9 Å². The van der Waals surface area contributed by atoms with E-state index in [-0.39, 0.29) is 11.9 Å². The Kier molecular flexibility index (Phi) is 5.76. The van der Waals surface area contributed by atoms with Gasteiger partial charge in [-0.25, -0.2) is 4.79 Å². The molecule has 0 aliphatic heterocycles. The molecule has 0 fully saturated rings. The van der Waals surface area contributed by atoms with E-state index in [0.29, 0.717) is 35.0 Å². The lowest BCUT2D eigenvalue weighted by atomic mass is 10.1. The number of hydrogen-bond acceptors (Lipinski definition) is 4. The molecule has 132 valence electrons. The van der Waals surface area contributed by atoms with Gasteiger partial charge in [0, 0.05) is 16.3 Å². The normalized spacial score (nSPS) is 12.7. The molecule has 1 heterocycles. The molecule has 1 aliphatic rings. The van der Waals surface area contributed by atoms with Crippen molar-refractivity contribution in [3.8, 4) is 0 Å². The molecule has 3 rings (SSSR count). The van der Waals surface area contributed by atoms with Gasteiger partial charge in [0.15, 0.2) is 0 Å². The summed E-state index contributed by atoms with van der Waals surface area (Å²) in [4.78, 5) is 25.8. The number of amides is 1. The van der Waals surface area contributed by atoms with Crippen LogP contribution < -0.4 is 5.32 Å². The molecular weight excluding hydrogens is 358 g/mol. The molecule has 0 saturated carbocycles. The lowest BCUT2D eigenvalue weighted by Crippen LogP contribution is -2.15. The van der Waals surface area contributed by atoms with E-state index in [2.05, 4.69) is 5.32 Å². The molecule has 1 N–H and O–H groups in total. The Bertz CT molecular complexity index is 783. The summed E-state index contributed by atoms with van der Waals surface area (Å²) in [5.41, 5.74) is 2.66. The van der Waals surface area contributed by atoms with Crippen LogP contribution in [-0.2, 0) is 28.8 Å². The largest absolute Gasteiger partial charge is 0.462 e. The number of hydrogen-bond donors (Lipinski definition) is 1. The van der Waals surface area contributed by atoms with Crippen LogP contribution in [0.3, 0.4) is 0 Å². The fourth-order valence-electron chi connectivity index (χ4n) is 3.01. The van der Waals surface area contributed by atoms with Crippen molar-refractivity contribution < 1.29 is 14.3 Å². The number of thiophene rings is 1. The number of halogens is 1. The first-order valence-corrected chi connectivity index (χ1v) is 9.64. The second kappa shape index (κ2) is 8.02. The van der Waals surface area contributed by atoms with Crippen LogP contribution in [0.5, 0.6) is 0 Å². The number of anilines is 1. The molecular formula is C19H20ClNO3S. The SMILES string of the molecule is CCOC(=O)c1c(NC(=O)CCc2ccc(Cl)cc2)sc2c1CCC2. The van der Waals surface area contributed by atoms with Gasteiger partial charge in [0.25, 0.3) is 0 Å². The molecule has 0 radical (unpaired) electrons. The van der Waals surface area contributed by atoms with Gasteiger partial charge in [0.1, 0.15) is 5.00 Å². The highest BCUT2D eigenvalue weighted by atomic mass is 35.5. The molecule has 0 unspecified atom stereocenters. The van der Waals surface area contributed by atoms with Crippen molar-refractivity contribution in [3.63, 3.8) is 0 Å². The van der Waals surface area contributed by atoms with E-state index in [1.807, 2.05) is 24.3 Å². The zero-order valence-corrected chi connectivity index (χ0v) is 15.6. The molecule has 0 atom stereocenters. The Balaban J connectivity index is 1.68. The molecule has 0 bridgehead atoms. The van der Waals surface area contributed by atoms with E-state index in [0.717, 1.165) is 30.4 Å². The molecule has 1 aromatic carbocycles. The number of fused-ring (bicyclic) bond motifs is 1. The van der Waals surface area contributed by atoms with Crippen LogP contribution in [0.4, 0.5) is 5.00 Å². The third-order valence-corrected chi connectivity index (χ3v) is 5.67. The van der Waals surface area contributed by atoms with Crippen LogP contribution in [0.2, 0.25) is 5.02 Å². The predicted molar refractivity (Wildman–Crippen MR) is 101 cm³/mol. The van der Waals surface area contributed by atoms with Crippen molar-refractivity contribution in [2.24, 2.45) is 0 Å². The highest BCUT2D eigenvalue weighted by molar-refractivity contribution is 7.17. The highest BCUT2D eigenvalue weighted by Crippen LogP contribution is 2.39. The van der Waals surface area contributed by atoms with Gasteiger partial charge in [-0.1, -0.05) is 23.7 Å². The van der Waals surface area contributed by atoms with Crippen LogP contribution in [0.25, 0.3) is 0 Å². The first kappa shape index (κ1) is 18.0.